The van der Waals surface area contributed by atoms with E-state index >= 15 is 0 Å². The number of alkyl halides is 3. The lowest BCUT2D eigenvalue weighted by atomic mass is 9.95. The molecule has 23 heavy (non-hydrogen) atoms. The summed E-state index contributed by atoms with van der Waals surface area (Å²) in [6.07, 6.45) is -4.76. The van der Waals surface area contributed by atoms with Crippen LogP contribution in [-0.2, 0) is 9.53 Å². The van der Waals surface area contributed by atoms with Gasteiger partial charge < -0.3 is 20.1 Å². The van der Waals surface area contributed by atoms with Gasteiger partial charge in [-0.05, 0) is 36.8 Å². The lowest BCUT2D eigenvalue weighted by Crippen LogP contribution is -2.45. The Labute approximate surface area is 135 Å². The molecule has 0 spiro atoms. The Kier molecular flexibility index (Phi) is 4.79. The van der Waals surface area contributed by atoms with Crippen LogP contribution < -0.4 is 15.4 Å². The first-order valence-electron chi connectivity index (χ1n) is 6.43. The van der Waals surface area contributed by atoms with Gasteiger partial charge in [-0.3, -0.25) is 0 Å². The van der Waals surface area contributed by atoms with E-state index < -0.39 is 18.4 Å². The van der Waals surface area contributed by atoms with E-state index in [0.29, 0.717) is 21.9 Å². The second-order valence-electron chi connectivity index (χ2n) is 4.68. The zero-order valence-corrected chi connectivity index (χ0v) is 13.0. The van der Waals surface area contributed by atoms with Gasteiger partial charge in [0.1, 0.15) is 5.75 Å². The number of ether oxygens (including phenoxy) is 2. The van der Waals surface area contributed by atoms with E-state index in [4.69, 9.17) is 17.0 Å². The minimum absolute atomic E-state index is 0.297. The van der Waals surface area contributed by atoms with E-state index in [1.54, 1.807) is 6.92 Å². The number of carbonyl (C=O) groups excluding carboxylic acids is 1. The molecule has 0 amide bonds. The average Bonchev–Trinajstić information content (AvgIpc) is 2.45. The van der Waals surface area contributed by atoms with E-state index in [1.807, 2.05) is 0 Å². The highest BCUT2D eigenvalue weighted by Crippen LogP contribution is 2.30. The number of halogens is 3. The second kappa shape index (κ2) is 6.45. The number of esters is 1. The first kappa shape index (κ1) is 17.1. The van der Waals surface area contributed by atoms with Crippen LogP contribution in [0.2, 0.25) is 0 Å². The molecule has 9 heteroatoms. The van der Waals surface area contributed by atoms with Crippen LogP contribution in [0.25, 0.3) is 0 Å². The van der Waals surface area contributed by atoms with Crippen molar-refractivity contribution in [1.29, 1.82) is 0 Å². The van der Waals surface area contributed by atoms with Crippen molar-refractivity contribution in [2.75, 3.05) is 7.11 Å². The van der Waals surface area contributed by atoms with Gasteiger partial charge in [-0.2, -0.15) is 0 Å². The number of hydrogen-bond donors (Lipinski definition) is 2. The number of thiocarbonyl (C=S) groups is 1. The third-order valence-electron chi connectivity index (χ3n) is 3.12. The largest absolute Gasteiger partial charge is 0.573 e. The van der Waals surface area contributed by atoms with Gasteiger partial charge in [0, 0.05) is 5.70 Å². The van der Waals surface area contributed by atoms with Crippen LogP contribution in [0, 0.1) is 0 Å². The molecule has 0 radical (unpaired) electrons. The van der Waals surface area contributed by atoms with E-state index in [-0.39, 0.29) is 5.75 Å². The van der Waals surface area contributed by atoms with Crippen LogP contribution in [0.4, 0.5) is 13.2 Å². The Hall–Kier alpha value is -2.29. The van der Waals surface area contributed by atoms with Gasteiger partial charge in [0.25, 0.3) is 0 Å². The lowest BCUT2D eigenvalue weighted by Gasteiger charge is -2.29. The molecule has 1 atom stereocenters. The number of allylic oxidation sites excluding steroid dienone is 1. The van der Waals surface area contributed by atoms with Gasteiger partial charge in [-0.25, -0.2) is 4.79 Å². The Balaban J connectivity index is 2.33. The van der Waals surface area contributed by atoms with Gasteiger partial charge in [-0.1, -0.05) is 12.1 Å². The van der Waals surface area contributed by atoms with Gasteiger partial charge in [-0.15, -0.1) is 13.2 Å². The van der Waals surface area contributed by atoms with Gasteiger partial charge in [0.05, 0.1) is 18.7 Å². The summed E-state index contributed by atoms with van der Waals surface area (Å²) in [6.45, 7) is 1.66. The summed E-state index contributed by atoms with van der Waals surface area (Å²) in [7, 11) is 1.24. The van der Waals surface area contributed by atoms with Crippen LogP contribution >= 0.6 is 12.2 Å². The van der Waals surface area contributed by atoms with Crippen molar-refractivity contribution in [3.8, 4) is 5.75 Å². The standard InChI is InChI=1S/C14H13F3N2O3S/c1-7-10(12(20)21-2)11(19-13(23)18-7)8-3-5-9(6-4-8)22-14(15,16)17/h3-6,11H,1-2H3,(H2,18,19,23)/t11-/m1/s1. The quantitative estimate of drug-likeness (QED) is 0.648. The monoisotopic (exact) mass is 346 g/mol. The number of rotatable bonds is 3. The topological polar surface area (TPSA) is 59.6 Å². The molecule has 2 N–H and O–H groups in total. The van der Waals surface area contributed by atoms with Crippen molar-refractivity contribution in [1.82, 2.24) is 10.6 Å². The minimum atomic E-state index is -4.76. The van der Waals surface area contributed by atoms with Crippen molar-refractivity contribution in [3.63, 3.8) is 0 Å². The first-order chi connectivity index (χ1) is 10.7. The van der Waals surface area contributed by atoms with E-state index in [0.717, 1.165) is 0 Å². The summed E-state index contributed by atoms with van der Waals surface area (Å²) in [5.74, 6) is -0.913. The van der Waals surface area contributed by atoms with Crippen molar-refractivity contribution < 1.29 is 27.4 Å². The van der Waals surface area contributed by atoms with Crippen molar-refractivity contribution in [2.24, 2.45) is 0 Å². The molecule has 1 aromatic rings. The molecule has 0 saturated heterocycles. The summed E-state index contributed by atoms with van der Waals surface area (Å²) in [5.41, 5.74) is 1.36. The molecule has 124 valence electrons. The maximum absolute atomic E-state index is 12.2. The summed E-state index contributed by atoms with van der Waals surface area (Å²) < 4.78 is 45.1. The fourth-order valence-corrected chi connectivity index (χ4v) is 2.46. The third kappa shape index (κ3) is 4.13. The highest BCUT2D eigenvalue weighted by atomic mass is 32.1. The van der Waals surface area contributed by atoms with Crippen molar-refractivity contribution in [2.45, 2.75) is 19.3 Å². The maximum atomic E-state index is 12.2. The third-order valence-corrected chi connectivity index (χ3v) is 3.34. The summed E-state index contributed by atoms with van der Waals surface area (Å²) >= 11 is 5.05. The molecule has 0 saturated carbocycles. The predicted octanol–water partition coefficient (Wildman–Crippen LogP) is 2.55. The number of methoxy groups -OCH3 is 1. The number of benzene rings is 1. The smallest absolute Gasteiger partial charge is 0.466 e. The number of hydrogen-bond acceptors (Lipinski definition) is 4. The fourth-order valence-electron chi connectivity index (χ4n) is 2.19. The second-order valence-corrected chi connectivity index (χ2v) is 5.09. The SMILES string of the molecule is COC(=O)C1=C(C)NC(=S)N[C@@H]1c1ccc(OC(F)(F)F)cc1. The Morgan fingerprint density at radius 3 is 2.39 bits per heavy atom. The zero-order valence-electron chi connectivity index (χ0n) is 12.2. The average molecular weight is 346 g/mol. The Bertz CT molecular complexity index is 656. The maximum Gasteiger partial charge on any atom is 0.573 e. The first-order valence-corrected chi connectivity index (χ1v) is 6.84. The summed E-state index contributed by atoms with van der Waals surface area (Å²) in [5, 5.41) is 6.01. The Morgan fingerprint density at radius 1 is 1.26 bits per heavy atom. The van der Waals surface area contributed by atoms with E-state index in [9.17, 15) is 18.0 Å². The van der Waals surface area contributed by atoms with Crippen molar-refractivity contribution in [3.05, 3.63) is 41.1 Å². The molecule has 1 aliphatic heterocycles. The van der Waals surface area contributed by atoms with Gasteiger partial charge in [0.2, 0.25) is 0 Å². The lowest BCUT2D eigenvalue weighted by molar-refractivity contribution is -0.274. The molecular weight excluding hydrogens is 333 g/mol. The number of nitrogens with one attached hydrogen (secondary N) is 2. The molecule has 5 nitrogen and oxygen atoms in total. The molecule has 1 aromatic carbocycles. The molecule has 0 aromatic heterocycles. The molecule has 0 fully saturated rings. The molecule has 1 aliphatic rings. The molecule has 1 heterocycles. The van der Waals surface area contributed by atoms with Crippen LogP contribution in [-0.4, -0.2) is 24.6 Å². The zero-order chi connectivity index (χ0) is 17.2. The molecular formula is C14H13F3N2O3S. The van der Waals surface area contributed by atoms with Gasteiger partial charge in [0.15, 0.2) is 5.11 Å². The van der Waals surface area contributed by atoms with Crippen LogP contribution in [0.3, 0.4) is 0 Å². The van der Waals surface area contributed by atoms with Crippen LogP contribution in [0.1, 0.15) is 18.5 Å². The molecule has 0 unspecified atom stereocenters. The Morgan fingerprint density at radius 2 is 1.87 bits per heavy atom. The fraction of sp³-hybridized carbons (Fsp3) is 0.286. The number of carbonyl (C=O) groups is 1. The summed E-state index contributed by atoms with van der Waals surface area (Å²) in [6, 6.07) is 4.54. The summed E-state index contributed by atoms with van der Waals surface area (Å²) in [4.78, 5) is 11.9. The highest BCUT2D eigenvalue weighted by molar-refractivity contribution is 7.80. The predicted molar refractivity (Wildman–Crippen MR) is 79.5 cm³/mol. The minimum Gasteiger partial charge on any atom is -0.466 e. The van der Waals surface area contributed by atoms with Crippen molar-refractivity contribution >= 4 is 23.3 Å². The molecule has 2 rings (SSSR count). The molecule has 0 bridgehead atoms. The molecule has 0 aliphatic carbocycles. The normalized spacial score (nSPS) is 18.1. The van der Waals surface area contributed by atoms with Crippen LogP contribution in [0.15, 0.2) is 35.5 Å². The van der Waals surface area contributed by atoms with E-state index in [1.165, 1.54) is 31.4 Å². The van der Waals surface area contributed by atoms with Gasteiger partial charge >= 0.3 is 12.3 Å². The highest BCUT2D eigenvalue weighted by Gasteiger charge is 2.32. The van der Waals surface area contributed by atoms with Crippen LogP contribution in [0.5, 0.6) is 5.75 Å². The van der Waals surface area contributed by atoms with E-state index in [2.05, 4.69) is 15.4 Å².